The lowest BCUT2D eigenvalue weighted by Gasteiger charge is -2.15. The first-order chi connectivity index (χ1) is 9.93. The number of nitrogens with one attached hydrogen (secondary N) is 1. The molecule has 0 aliphatic rings. The fraction of sp³-hybridized carbons (Fsp3) is 0.583. The number of carboxylic acids is 1. The zero-order valence-corrected chi connectivity index (χ0v) is 13.5. The number of alkyl halides is 3. The van der Waals surface area contributed by atoms with Crippen LogP contribution in [0.25, 0.3) is 0 Å². The van der Waals surface area contributed by atoms with Crippen LogP contribution in [0.2, 0.25) is 0 Å². The van der Waals surface area contributed by atoms with Gasteiger partial charge in [0.05, 0.1) is 5.92 Å². The fourth-order valence-electron chi connectivity index (χ4n) is 1.74. The van der Waals surface area contributed by atoms with Gasteiger partial charge >= 0.3 is 12.1 Å². The van der Waals surface area contributed by atoms with Crippen molar-refractivity contribution in [3.8, 4) is 0 Å². The van der Waals surface area contributed by atoms with Crippen LogP contribution in [-0.2, 0) is 21.0 Å². The van der Waals surface area contributed by atoms with Gasteiger partial charge in [-0.2, -0.15) is 13.2 Å². The summed E-state index contributed by atoms with van der Waals surface area (Å²) in [5, 5.41) is 9.02. The number of carbonyl (C=O) groups is 1. The van der Waals surface area contributed by atoms with Crippen molar-refractivity contribution in [1.29, 1.82) is 0 Å². The van der Waals surface area contributed by atoms with Crippen molar-refractivity contribution in [3.63, 3.8) is 0 Å². The van der Waals surface area contributed by atoms with Crippen molar-refractivity contribution in [2.45, 2.75) is 30.7 Å². The maximum atomic E-state index is 12.5. The number of hydrogen-bond acceptors (Lipinski definition) is 4. The van der Waals surface area contributed by atoms with Gasteiger partial charge in [-0.15, -0.1) is 11.3 Å². The highest BCUT2D eigenvalue weighted by Gasteiger charge is 2.34. The number of rotatable bonds is 7. The lowest BCUT2D eigenvalue weighted by atomic mass is 9.98. The van der Waals surface area contributed by atoms with Gasteiger partial charge in [-0.25, -0.2) is 13.1 Å². The Morgan fingerprint density at radius 2 is 1.95 bits per heavy atom. The molecule has 2 N–H and O–H groups in total. The molecule has 0 spiro atoms. The van der Waals surface area contributed by atoms with Crippen LogP contribution in [0.1, 0.15) is 25.1 Å². The average molecular weight is 359 g/mol. The molecule has 1 aromatic rings. The summed E-state index contributed by atoms with van der Waals surface area (Å²) >= 11 is 0.0978. The molecule has 22 heavy (non-hydrogen) atoms. The number of halogens is 3. The summed E-state index contributed by atoms with van der Waals surface area (Å²) in [5.41, 5.74) is 0. The standard InChI is InChI=1S/C12H16F3NO4S2/c1-7(2)5-8(11(17)18)6-16-22(19,20)10-4-3-9(21-10)12(13,14)15/h3-4,7-8,16H,5-6H2,1-2H3,(H,17,18). The molecule has 0 fully saturated rings. The lowest BCUT2D eigenvalue weighted by molar-refractivity contribution is -0.142. The molecule has 126 valence electrons. The molecule has 1 aromatic heterocycles. The number of thiophene rings is 1. The van der Waals surface area contributed by atoms with E-state index in [0.717, 1.165) is 6.07 Å². The summed E-state index contributed by atoms with van der Waals surface area (Å²) in [4.78, 5) is 10.0. The molecule has 10 heteroatoms. The van der Waals surface area contributed by atoms with Crippen molar-refractivity contribution >= 4 is 27.3 Å². The Morgan fingerprint density at radius 1 is 1.36 bits per heavy atom. The molecule has 0 aromatic carbocycles. The molecule has 0 aliphatic heterocycles. The minimum Gasteiger partial charge on any atom is -0.481 e. The van der Waals surface area contributed by atoms with Crippen LogP contribution in [0.15, 0.2) is 16.3 Å². The van der Waals surface area contributed by atoms with E-state index in [0.29, 0.717) is 6.07 Å². The molecule has 1 unspecified atom stereocenters. The molecule has 0 aliphatic carbocycles. The van der Waals surface area contributed by atoms with Gasteiger partial charge < -0.3 is 5.11 Å². The summed E-state index contributed by atoms with van der Waals surface area (Å²) in [7, 11) is -4.16. The summed E-state index contributed by atoms with van der Waals surface area (Å²) in [5.74, 6) is -2.04. The molecule has 1 atom stereocenters. The molecule has 0 bridgehead atoms. The maximum absolute atomic E-state index is 12.5. The highest BCUT2D eigenvalue weighted by molar-refractivity contribution is 7.91. The Labute approximate surface area is 130 Å². The molecule has 0 saturated carbocycles. The molecule has 0 radical (unpaired) electrons. The second-order valence-corrected chi connectivity index (χ2v) is 8.21. The van der Waals surface area contributed by atoms with E-state index in [4.69, 9.17) is 5.11 Å². The van der Waals surface area contributed by atoms with Crippen molar-refractivity contribution in [2.24, 2.45) is 11.8 Å². The number of carboxylic acid groups (broad SMARTS) is 1. The third kappa shape index (κ3) is 5.25. The van der Waals surface area contributed by atoms with Gasteiger partial charge in [0.15, 0.2) is 0 Å². The second-order valence-electron chi connectivity index (χ2n) is 5.13. The highest BCUT2D eigenvalue weighted by atomic mass is 32.2. The summed E-state index contributed by atoms with van der Waals surface area (Å²) in [6.45, 7) is 3.22. The van der Waals surface area contributed by atoms with E-state index in [2.05, 4.69) is 4.72 Å². The van der Waals surface area contributed by atoms with Crippen molar-refractivity contribution in [2.75, 3.05) is 6.54 Å². The van der Waals surface area contributed by atoms with Crippen LogP contribution in [0.3, 0.4) is 0 Å². The Morgan fingerprint density at radius 3 is 2.36 bits per heavy atom. The second kappa shape index (κ2) is 6.97. The molecule has 1 heterocycles. The van der Waals surface area contributed by atoms with Gasteiger partial charge in [-0.05, 0) is 24.5 Å². The molecular weight excluding hydrogens is 343 g/mol. The third-order valence-corrected chi connectivity index (χ3v) is 5.80. The normalized spacial score (nSPS) is 14.3. The van der Waals surface area contributed by atoms with E-state index in [9.17, 15) is 26.4 Å². The first-order valence-electron chi connectivity index (χ1n) is 6.33. The Bertz CT molecular complexity index is 623. The minimum atomic E-state index is -4.61. The Hall–Kier alpha value is -1.13. The van der Waals surface area contributed by atoms with Crippen molar-refractivity contribution < 1.29 is 31.5 Å². The zero-order chi connectivity index (χ0) is 17.1. The lowest BCUT2D eigenvalue weighted by Crippen LogP contribution is -2.33. The smallest absolute Gasteiger partial charge is 0.425 e. The molecular formula is C12H16F3NO4S2. The third-order valence-electron chi connectivity index (χ3n) is 2.75. The monoisotopic (exact) mass is 359 g/mol. The van der Waals surface area contributed by atoms with Crippen LogP contribution >= 0.6 is 11.3 Å². The number of sulfonamides is 1. The first-order valence-corrected chi connectivity index (χ1v) is 8.63. The van der Waals surface area contributed by atoms with E-state index >= 15 is 0 Å². The van der Waals surface area contributed by atoms with E-state index in [1.54, 1.807) is 13.8 Å². The molecule has 5 nitrogen and oxygen atoms in total. The van der Waals surface area contributed by atoms with Gasteiger partial charge in [-0.1, -0.05) is 13.8 Å². The number of hydrogen-bond donors (Lipinski definition) is 2. The Kier molecular flexibility index (Phi) is 5.99. The van der Waals surface area contributed by atoms with E-state index in [-0.39, 0.29) is 30.2 Å². The van der Waals surface area contributed by atoms with Gasteiger partial charge in [-0.3, -0.25) is 4.79 Å². The predicted molar refractivity (Wildman–Crippen MR) is 75.1 cm³/mol. The number of aliphatic carboxylic acids is 1. The van der Waals surface area contributed by atoms with Crippen molar-refractivity contribution in [1.82, 2.24) is 4.72 Å². The van der Waals surface area contributed by atoms with Gasteiger partial charge in [0.2, 0.25) is 10.0 Å². The molecule has 1 rings (SSSR count). The van der Waals surface area contributed by atoms with E-state index in [1.807, 2.05) is 0 Å². The van der Waals surface area contributed by atoms with Gasteiger partial charge in [0.1, 0.15) is 9.09 Å². The minimum absolute atomic E-state index is 0.0455. The first kappa shape index (κ1) is 18.9. The quantitative estimate of drug-likeness (QED) is 0.784. The van der Waals surface area contributed by atoms with Crippen LogP contribution in [0.5, 0.6) is 0 Å². The van der Waals surface area contributed by atoms with E-state index < -0.39 is 37.2 Å². The summed E-state index contributed by atoms with van der Waals surface area (Å²) in [6.07, 6.45) is -4.35. The largest absolute Gasteiger partial charge is 0.481 e. The average Bonchev–Trinajstić information content (AvgIpc) is 2.83. The molecule has 0 saturated heterocycles. The zero-order valence-electron chi connectivity index (χ0n) is 11.8. The van der Waals surface area contributed by atoms with Crippen LogP contribution in [-0.4, -0.2) is 26.0 Å². The summed E-state index contributed by atoms with van der Waals surface area (Å²) in [6, 6.07) is 1.54. The highest BCUT2D eigenvalue weighted by Crippen LogP contribution is 2.36. The summed E-state index contributed by atoms with van der Waals surface area (Å²) < 4.78 is 62.8. The fourth-order valence-corrected chi connectivity index (χ4v) is 4.04. The van der Waals surface area contributed by atoms with Crippen LogP contribution < -0.4 is 4.72 Å². The Balaban J connectivity index is 2.83. The van der Waals surface area contributed by atoms with Crippen molar-refractivity contribution in [3.05, 3.63) is 17.0 Å². The van der Waals surface area contributed by atoms with Crippen LogP contribution in [0, 0.1) is 11.8 Å². The van der Waals surface area contributed by atoms with Gasteiger partial charge in [0, 0.05) is 6.54 Å². The van der Waals surface area contributed by atoms with Crippen LogP contribution in [0.4, 0.5) is 13.2 Å². The SMILES string of the molecule is CC(C)CC(CNS(=O)(=O)c1ccc(C(F)(F)F)s1)C(=O)O. The topological polar surface area (TPSA) is 83.5 Å². The predicted octanol–water partition coefficient (Wildman–Crippen LogP) is 2.79. The van der Waals surface area contributed by atoms with E-state index in [1.165, 1.54) is 0 Å². The maximum Gasteiger partial charge on any atom is 0.425 e. The molecule has 0 amide bonds. The van der Waals surface area contributed by atoms with Gasteiger partial charge in [0.25, 0.3) is 0 Å².